The van der Waals surface area contributed by atoms with Crippen LogP contribution in [0.2, 0.25) is 0 Å². The van der Waals surface area contributed by atoms with E-state index >= 15 is 0 Å². The van der Waals surface area contributed by atoms with E-state index in [9.17, 15) is 9.59 Å². The van der Waals surface area contributed by atoms with Gasteiger partial charge in [0.05, 0.1) is 19.4 Å². The molecule has 1 saturated heterocycles. The molecule has 170 valence electrons. The number of hydrogen-bond donors (Lipinski definition) is 1. The lowest BCUT2D eigenvalue weighted by atomic mass is 10.0. The van der Waals surface area contributed by atoms with E-state index < -0.39 is 0 Å². The van der Waals surface area contributed by atoms with Gasteiger partial charge in [0.15, 0.2) is 5.76 Å². The van der Waals surface area contributed by atoms with Gasteiger partial charge in [0, 0.05) is 25.1 Å². The smallest absolute Gasteiger partial charge is 0.261 e. The number of carbonyl (C=O) groups excluding carboxylic acids is 1. The minimum atomic E-state index is -0.376. The summed E-state index contributed by atoms with van der Waals surface area (Å²) in [6.45, 7) is 6.37. The number of likely N-dealkylation sites (tertiary alicyclic amines) is 1. The number of ether oxygens (including phenoxy) is 2. The Morgan fingerprint density at radius 1 is 1.23 bits per heavy atom. The van der Waals surface area contributed by atoms with E-state index in [1.54, 1.807) is 13.2 Å². The fraction of sp³-hybridized carbons (Fsp3) is 0.600. The van der Waals surface area contributed by atoms with Crippen LogP contribution in [0.1, 0.15) is 86.8 Å². The largest absolute Gasteiger partial charge is 0.497 e. The zero-order valence-corrected chi connectivity index (χ0v) is 19.2. The van der Waals surface area contributed by atoms with Crippen LogP contribution in [0.25, 0.3) is 11.8 Å². The average molecular weight is 429 g/mol. The van der Waals surface area contributed by atoms with E-state index in [-0.39, 0.29) is 17.0 Å². The number of unbranched alkanes of at least 4 members (excludes halogenated alkanes) is 3. The van der Waals surface area contributed by atoms with Crippen molar-refractivity contribution in [1.29, 1.82) is 0 Å². The number of nitrogens with zero attached hydrogens (tertiary/aromatic N) is 1. The van der Waals surface area contributed by atoms with Crippen molar-refractivity contribution in [3.63, 3.8) is 0 Å². The third-order valence-corrected chi connectivity index (χ3v) is 6.18. The van der Waals surface area contributed by atoms with Gasteiger partial charge in [-0.1, -0.05) is 45.3 Å². The van der Waals surface area contributed by atoms with Gasteiger partial charge in [-0.2, -0.15) is 0 Å². The van der Waals surface area contributed by atoms with Crippen LogP contribution < -0.4 is 5.56 Å². The Morgan fingerprint density at radius 2 is 2.06 bits per heavy atom. The van der Waals surface area contributed by atoms with E-state index in [0.29, 0.717) is 49.2 Å². The number of fused-ring (bicyclic) bond motifs is 1. The maximum Gasteiger partial charge on any atom is 0.261 e. The summed E-state index contributed by atoms with van der Waals surface area (Å²) in [5.74, 6) is 1.68. The Kier molecular flexibility index (Phi) is 8.38. The van der Waals surface area contributed by atoms with Gasteiger partial charge in [0.25, 0.3) is 11.5 Å². The number of allylic oxidation sites excluding steroid dienone is 1. The highest BCUT2D eigenvalue weighted by molar-refractivity contribution is 5.95. The van der Waals surface area contributed by atoms with Gasteiger partial charge in [-0.05, 0) is 37.7 Å². The molecule has 0 bridgehead atoms. The number of amides is 1. The van der Waals surface area contributed by atoms with Crippen LogP contribution in [-0.4, -0.2) is 42.6 Å². The fourth-order valence-electron chi connectivity index (χ4n) is 4.22. The molecule has 3 rings (SSSR count). The number of aromatic amines is 1. The normalized spacial score (nSPS) is 18.9. The zero-order valence-electron chi connectivity index (χ0n) is 19.2. The Morgan fingerprint density at radius 3 is 2.84 bits per heavy atom. The molecule has 1 aromatic heterocycles. The number of hydrogen-bond acceptors (Lipinski definition) is 4. The Balaban J connectivity index is 1.87. The van der Waals surface area contributed by atoms with Crippen molar-refractivity contribution in [3.8, 4) is 0 Å². The molecule has 0 spiro atoms. The lowest BCUT2D eigenvalue weighted by molar-refractivity contribution is 0.0758. The van der Waals surface area contributed by atoms with Crippen LogP contribution in [0.3, 0.4) is 0 Å². The third-order valence-electron chi connectivity index (χ3n) is 6.18. The van der Waals surface area contributed by atoms with Crippen LogP contribution in [0.15, 0.2) is 22.7 Å². The second kappa shape index (κ2) is 11.2. The molecule has 6 nitrogen and oxygen atoms in total. The summed E-state index contributed by atoms with van der Waals surface area (Å²) in [6.07, 6.45) is 12.0. The number of pyridine rings is 1. The molecule has 1 unspecified atom stereocenters. The molecular formula is C25H36N2O4. The van der Waals surface area contributed by atoms with Gasteiger partial charge in [-0.3, -0.25) is 9.59 Å². The Bertz CT molecular complexity index is 884. The topological polar surface area (TPSA) is 71.6 Å². The molecule has 1 N–H and O–H groups in total. The second-order valence-electron chi connectivity index (χ2n) is 8.64. The molecule has 0 saturated carbocycles. The average Bonchev–Trinajstić information content (AvgIpc) is 3.08. The minimum Gasteiger partial charge on any atom is -0.497 e. The summed E-state index contributed by atoms with van der Waals surface area (Å²) in [6, 6.07) is 1.71. The Labute approximate surface area is 185 Å². The predicted molar refractivity (Wildman–Crippen MR) is 124 cm³/mol. The first-order valence-electron chi connectivity index (χ1n) is 11.7. The van der Waals surface area contributed by atoms with Gasteiger partial charge in [0.2, 0.25) is 0 Å². The first-order valence-corrected chi connectivity index (χ1v) is 11.7. The third kappa shape index (κ3) is 5.81. The zero-order chi connectivity index (χ0) is 22.2. The number of rotatable bonds is 8. The summed E-state index contributed by atoms with van der Waals surface area (Å²) in [5.41, 5.74) is 1.19. The van der Waals surface area contributed by atoms with Gasteiger partial charge in [-0.15, -0.1) is 0 Å². The highest BCUT2D eigenvalue weighted by atomic mass is 16.5. The summed E-state index contributed by atoms with van der Waals surface area (Å²) in [5, 5.41) is 0. The summed E-state index contributed by atoms with van der Waals surface area (Å²) >= 11 is 0. The van der Waals surface area contributed by atoms with Crippen molar-refractivity contribution in [2.75, 3.05) is 26.8 Å². The molecule has 0 radical (unpaired) electrons. The maximum absolute atomic E-state index is 13.1. The molecule has 31 heavy (non-hydrogen) atoms. The molecule has 1 fully saturated rings. The lowest BCUT2D eigenvalue weighted by Gasteiger charge is -2.21. The predicted octanol–water partition coefficient (Wildman–Crippen LogP) is 4.97. The molecule has 2 aliphatic rings. The molecule has 1 aromatic rings. The lowest BCUT2D eigenvalue weighted by Crippen LogP contribution is -2.36. The van der Waals surface area contributed by atoms with E-state index in [0.717, 1.165) is 37.7 Å². The summed E-state index contributed by atoms with van der Waals surface area (Å²) in [7, 11) is 1.62. The first kappa shape index (κ1) is 23.2. The van der Waals surface area contributed by atoms with Crippen molar-refractivity contribution in [2.24, 2.45) is 5.92 Å². The van der Waals surface area contributed by atoms with Crippen LogP contribution in [0, 0.1) is 5.92 Å². The number of nitrogens with one attached hydrogen (secondary N) is 1. The number of H-pyrrole nitrogens is 1. The molecule has 2 heterocycles. The van der Waals surface area contributed by atoms with Gasteiger partial charge in [-0.25, -0.2) is 0 Å². The van der Waals surface area contributed by atoms with Crippen molar-refractivity contribution >= 4 is 17.7 Å². The monoisotopic (exact) mass is 428 g/mol. The van der Waals surface area contributed by atoms with Gasteiger partial charge < -0.3 is 19.4 Å². The van der Waals surface area contributed by atoms with E-state index in [1.165, 1.54) is 12.8 Å². The molecule has 1 atom stereocenters. The first-order chi connectivity index (χ1) is 15.0. The van der Waals surface area contributed by atoms with Crippen LogP contribution in [-0.2, 0) is 9.47 Å². The number of carbonyl (C=O) groups is 1. The molecule has 1 amide bonds. The number of aromatic nitrogens is 1. The van der Waals surface area contributed by atoms with Crippen molar-refractivity contribution < 1.29 is 14.3 Å². The van der Waals surface area contributed by atoms with E-state index in [1.807, 2.05) is 17.1 Å². The minimum absolute atomic E-state index is 0.186. The summed E-state index contributed by atoms with van der Waals surface area (Å²) in [4.78, 5) is 30.8. The van der Waals surface area contributed by atoms with Gasteiger partial charge in [0.1, 0.15) is 11.3 Å². The fourth-order valence-corrected chi connectivity index (χ4v) is 4.22. The van der Waals surface area contributed by atoms with Crippen LogP contribution in [0.4, 0.5) is 0 Å². The molecule has 1 aliphatic carbocycles. The van der Waals surface area contributed by atoms with Crippen molar-refractivity contribution in [1.82, 2.24) is 9.88 Å². The van der Waals surface area contributed by atoms with Crippen molar-refractivity contribution in [2.45, 2.75) is 65.2 Å². The molecular weight excluding hydrogens is 392 g/mol. The second-order valence-corrected chi connectivity index (χ2v) is 8.64. The highest BCUT2D eigenvalue weighted by Gasteiger charge is 2.25. The molecule has 6 heteroatoms. The highest BCUT2D eigenvalue weighted by Crippen LogP contribution is 2.29. The molecule has 0 aromatic carbocycles. The maximum atomic E-state index is 13.1. The van der Waals surface area contributed by atoms with Crippen LogP contribution in [0.5, 0.6) is 0 Å². The SMILES string of the molecule is CCCCCCOC1=C(OC)CC=Cc2cc(C(=O)N3CCCC(C)CC3)c(=O)[nH]c21. The molecule has 1 aliphatic heterocycles. The number of methoxy groups -OCH3 is 1. The van der Waals surface area contributed by atoms with Crippen molar-refractivity contribution in [3.05, 3.63) is 45.1 Å². The van der Waals surface area contributed by atoms with E-state index in [4.69, 9.17) is 9.47 Å². The summed E-state index contributed by atoms with van der Waals surface area (Å²) < 4.78 is 11.7. The standard InChI is InChI=1S/C25H36N2O4/c1-4-5-6-7-16-31-23-21(30-3)12-8-11-19-17-20(24(28)26-22(19)23)25(29)27-14-9-10-18(2)13-15-27/h8,11,17-18H,4-7,9-10,12-16H2,1-3H3,(H,26,28). The quantitative estimate of drug-likeness (QED) is 0.594. The van der Waals surface area contributed by atoms with Gasteiger partial charge >= 0.3 is 0 Å². The Hall–Kier alpha value is -2.50. The van der Waals surface area contributed by atoms with E-state index in [2.05, 4.69) is 18.8 Å². The van der Waals surface area contributed by atoms with Crippen LogP contribution >= 0.6 is 0 Å².